The third-order valence-corrected chi connectivity index (χ3v) is 4.78. The molecule has 1 aromatic carbocycles. The second kappa shape index (κ2) is 7.17. The quantitative estimate of drug-likeness (QED) is 0.699. The molecule has 26 heavy (non-hydrogen) atoms. The van der Waals surface area contributed by atoms with Crippen LogP contribution in [0.1, 0.15) is 23.2 Å². The molecule has 1 aliphatic heterocycles. The Hall–Kier alpha value is -2.25. The molecular formula is C18H19ClO7. The van der Waals surface area contributed by atoms with Crippen LogP contribution in [0.2, 0.25) is 5.02 Å². The molecule has 0 saturated heterocycles. The van der Waals surface area contributed by atoms with Crippen molar-refractivity contribution >= 4 is 23.2 Å². The average Bonchev–Trinajstić information content (AvgIpc) is 2.93. The summed E-state index contributed by atoms with van der Waals surface area (Å²) in [5.41, 5.74) is -1.19. The lowest BCUT2D eigenvalue weighted by atomic mass is 9.83. The van der Waals surface area contributed by atoms with Crippen LogP contribution in [0.15, 0.2) is 17.9 Å². The van der Waals surface area contributed by atoms with E-state index >= 15 is 0 Å². The SMILES string of the molecule is COCCOc1cc(OC)c2c(c1Cl)O[C@]1(CCC(=O)C=C1OC)C2=O. The van der Waals surface area contributed by atoms with Crippen LogP contribution in [0.5, 0.6) is 17.2 Å². The summed E-state index contributed by atoms with van der Waals surface area (Å²) in [5.74, 6) is 0.456. The monoisotopic (exact) mass is 382 g/mol. The molecule has 0 fully saturated rings. The Morgan fingerprint density at radius 1 is 1.15 bits per heavy atom. The van der Waals surface area contributed by atoms with Gasteiger partial charge in [0.1, 0.15) is 28.7 Å². The number of carbonyl (C=O) groups excluding carboxylic acids is 2. The zero-order chi connectivity index (χ0) is 18.9. The smallest absolute Gasteiger partial charge is 0.228 e. The Morgan fingerprint density at radius 2 is 1.92 bits per heavy atom. The number of allylic oxidation sites excluding steroid dienone is 1. The Balaban J connectivity index is 2.07. The van der Waals surface area contributed by atoms with Crippen LogP contribution in [0.25, 0.3) is 0 Å². The Labute approximate surface area is 155 Å². The van der Waals surface area contributed by atoms with E-state index in [2.05, 4.69) is 0 Å². The van der Waals surface area contributed by atoms with Crippen LogP contribution in [0.3, 0.4) is 0 Å². The highest BCUT2D eigenvalue weighted by molar-refractivity contribution is 6.35. The van der Waals surface area contributed by atoms with Gasteiger partial charge in [-0.15, -0.1) is 0 Å². The van der Waals surface area contributed by atoms with Crippen molar-refractivity contribution in [2.75, 3.05) is 34.5 Å². The second-order valence-corrected chi connectivity index (χ2v) is 6.25. The fourth-order valence-electron chi connectivity index (χ4n) is 3.13. The molecule has 1 spiro atoms. The maximum absolute atomic E-state index is 13.2. The molecule has 140 valence electrons. The molecule has 1 heterocycles. The van der Waals surface area contributed by atoms with Gasteiger partial charge in [0, 0.05) is 32.1 Å². The Morgan fingerprint density at radius 3 is 2.58 bits per heavy atom. The van der Waals surface area contributed by atoms with Crippen LogP contribution in [-0.4, -0.2) is 51.7 Å². The number of rotatable bonds is 6. The van der Waals surface area contributed by atoms with Gasteiger partial charge in [-0.2, -0.15) is 0 Å². The minimum Gasteiger partial charge on any atom is -0.496 e. The summed E-state index contributed by atoms with van der Waals surface area (Å²) in [7, 11) is 4.39. The van der Waals surface area contributed by atoms with Crippen molar-refractivity contribution in [3.8, 4) is 17.2 Å². The normalized spacial score (nSPS) is 21.3. The third-order valence-electron chi connectivity index (χ3n) is 4.42. The zero-order valence-electron chi connectivity index (χ0n) is 14.7. The van der Waals surface area contributed by atoms with Crippen molar-refractivity contribution in [2.24, 2.45) is 0 Å². The van der Waals surface area contributed by atoms with Gasteiger partial charge >= 0.3 is 0 Å². The molecule has 0 radical (unpaired) electrons. The lowest BCUT2D eigenvalue weighted by molar-refractivity contribution is -0.116. The Bertz CT molecular complexity index is 786. The first-order valence-corrected chi connectivity index (χ1v) is 8.41. The number of benzene rings is 1. The zero-order valence-corrected chi connectivity index (χ0v) is 15.5. The number of hydrogen-bond acceptors (Lipinski definition) is 7. The summed E-state index contributed by atoms with van der Waals surface area (Å²) < 4.78 is 27.2. The summed E-state index contributed by atoms with van der Waals surface area (Å²) in [5, 5.41) is 0.162. The summed E-state index contributed by atoms with van der Waals surface area (Å²) in [4.78, 5) is 24.9. The van der Waals surface area contributed by atoms with E-state index in [1.54, 1.807) is 13.2 Å². The number of carbonyl (C=O) groups is 2. The van der Waals surface area contributed by atoms with E-state index in [0.29, 0.717) is 12.4 Å². The molecule has 0 unspecified atom stereocenters. The van der Waals surface area contributed by atoms with Crippen molar-refractivity contribution in [1.29, 1.82) is 0 Å². The molecule has 0 aromatic heterocycles. The molecular weight excluding hydrogens is 364 g/mol. The van der Waals surface area contributed by atoms with Crippen molar-refractivity contribution in [3.05, 3.63) is 28.5 Å². The molecule has 3 rings (SSSR count). The molecule has 1 atom stereocenters. The van der Waals surface area contributed by atoms with E-state index in [9.17, 15) is 9.59 Å². The number of ether oxygens (including phenoxy) is 5. The number of ketones is 2. The number of methoxy groups -OCH3 is 3. The van der Waals surface area contributed by atoms with Crippen LogP contribution < -0.4 is 14.2 Å². The predicted molar refractivity (Wildman–Crippen MR) is 92.4 cm³/mol. The third kappa shape index (κ3) is 2.81. The van der Waals surface area contributed by atoms with Crippen molar-refractivity contribution in [3.63, 3.8) is 0 Å². The van der Waals surface area contributed by atoms with Gasteiger partial charge in [0.05, 0.1) is 20.8 Å². The van der Waals surface area contributed by atoms with Gasteiger partial charge in [-0.1, -0.05) is 11.6 Å². The predicted octanol–water partition coefficient (Wildman–Crippen LogP) is 2.58. The highest BCUT2D eigenvalue weighted by Gasteiger charge is 2.56. The maximum Gasteiger partial charge on any atom is 0.228 e. The van der Waals surface area contributed by atoms with Crippen molar-refractivity contribution < 1.29 is 33.3 Å². The van der Waals surface area contributed by atoms with Gasteiger partial charge < -0.3 is 23.7 Å². The standard InChI is InChI=1S/C18H19ClO7/c1-22-6-7-25-12-9-11(23-2)14-16(15(12)19)26-18(17(14)21)5-4-10(20)8-13(18)24-3/h8-9H,4-7H2,1-3H3/t18-/m0/s1. The van der Waals surface area contributed by atoms with Crippen molar-refractivity contribution in [2.45, 2.75) is 18.4 Å². The molecule has 0 N–H and O–H groups in total. The first kappa shape index (κ1) is 18.5. The summed E-state index contributed by atoms with van der Waals surface area (Å²) in [6.45, 7) is 0.646. The van der Waals surface area contributed by atoms with E-state index in [0.717, 1.165) is 0 Å². The van der Waals surface area contributed by atoms with Gasteiger partial charge in [0.15, 0.2) is 17.3 Å². The summed E-state index contributed by atoms with van der Waals surface area (Å²) >= 11 is 6.42. The van der Waals surface area contributed by atoms with Crippen LogP contribution >= 0.6 is 11.6 Å². The highest BCUT2D eigenvalue weighted by Crippen LogP contribution is 2.53. The minimum absolute atomic E-state index is 0.124. The van der Waals surface area contributed by atoms with E-state index in [4.69, 9.17) is 35.3 Å². The molecule has 1 aliphatic carbocycles. The number of fused-ring (bicyclic) bond motifs is 1. The largest absolute Gasteiger partial charge is 0.496 e. The summed E-state index contributed by atoms with van der Waals surface area (Å²) in [6, 6.07) is 1.54. The molecule has 1 aromatic rings. The number of halogens is 1. The molecule has 0 amide bonds. The van der Waals surface area contributed by atoms with Gasteiger partial charge in [0.25, 0.3) is 0 Å². The van der Waals surface area contributed by atoms with E-state index in [1.807, 2.05) is 0 Å². The van der Waals surface area contributed by atoms with Crippen LogP contribution in [-0.2, 0) is 14.3 Å². The first-order chi connectivity index (χ1) is 12.5. The van der Waals surface area contributed by atoms with E-state index < -0.39 is 5.60 Å². The summed E-state index contributed by atoms with van der Waals surface area (Å²) in [6.07, 6.45) is 1.63. The highest BCUT2D eigenvalue weighted by atomic mass is 35.5. The fourth-order valence-corrected chi connectivity index (χ4v) is 3.37. The minimum atomic E-state index is -1.41. The molecule has 0 saturated carbocycles. The topological polar surface area (TPSA) is 80.3 Å². The average molecular weight is 383 g/mol. The van der Waals surface area contributed by atoms with E-state index in [1.165, 1.54) is 20.3 Å². The lowest BCUT2D eigenvalue weighted by Crippen LogP contribution is -2.45. The van der Waals surface area contributed by atoms with Gasteiger partial charge in [-0.05, 0) is 0 Å². The fraction of sp³-hybridized carbons (Fsp3) is 0.444. The molecule has 0 bridgehead atoms. The molecule has 2 aliphatic rings. The van der Waals surface area contributed by atoms with Crippen molar-refractivity contribution in [1.82, 2.24) is 0 Å². The van der Waals surface area contributed by atoms with Crippen LogP contribution in [0, 0.1) is 0 Å². The second-order valence-electron chi connectivity index (χ2n) is 5.87. The van der Waals surface area contributed by atoms with Gasteiger partial charge in [0.2, 0.25) is 11.4 Å². The van der Waals surface area contributed by atoms with Crippen LogP contribution in [0.4, 0.5) is 0 Å². The maximum atomic E-state index is 13.2. The number of Topliss-reactive ketones (excluding diaryl/α,β-unsaturated/α-hetero) is 1. The first-order valence-electron chi connectivity index (χ1n) is 8.03. The van der Waals surface area contributed by atoms with Gasteiger partial charge in [-0.3, -0.25) is 9.59 Å². The lowest BCUT2D eigenvalue weighted by Gasteiger charge is -2.31. The van der Waals surface area contributed by atoms with Gasteiger partial charge in [-0.25, -0.2) is 0 Å². The molecule has 8 heteroatoms. The number of hydrogen-bond donors (Lipinski definition) is 0. The van der Waals surface area contributed by atoms with E-state index in [-0.39, 0.29) is 58.9 Å². The molecule has 7 nitrogen and oxygen atoms in total. The Kier molecular flexibility index (Phi) is 5.11.